The summed E-state index contributed by atoms with van der Waals surface area (Å²) in [5.74, 6) is 1.43. The molecule has 1 fully saturated rings. The summed E-state index contributed by atoms with van der Waals surface area (Å²) in [6, 6.07) is 4.53. The third kappa shape index (κ3) is 4.43. The zero-order chi connectivity index (χ0) is 16.2. The van der Waals surface area contributed by atoms with Crippen LogP contribution in [-0.2, 0) is 6.54 Å². The maximum absolute atomic E-state index is 10.8. The van der Waals surface area contributed by atoms with Crippen LogP contribution in [0.5, 0.6) is 0 Å². The predicted molar refractivity (Wildman–Crippen MR) is 94.5 cm³/mol. The number of hydrogen-bond donors (Lipinski definition) is 1. The van der Waals surface area contributed by atoms with E-state index in [-0.39, 0.29) is 18.1 Å². The number of non-ortho nitro benzene ring substituents is 1. The fourth-order valence-corrected chi connectivity index (χ4v) is 3.12. The van der Waals surface area contributed by atoms with Crippen molar-refractivity contribution >= 4 is 29.2 Å². The van der Waals surface area contributed by atoms with Gasteiger partial charge < -0.3 is 9.73 Å². The molecule has 0 saturated carbocycles. The Labute approximate surface area is 147 Å². The van der Waals surface area contributed by atoms with Gasteiger partial charge in [0.1, 0.15) is 5.52 Å². The second-order valence-electron chi connectivity index (χ2n) is 6.13. The van der Waals surface area contributed by atoms with Crippen LogP contribution in [0, 0.1) is 16.0 Å². The first-order chi connectivity index (χ1) is 11.2. The topological polar surface area (TPSA) is 84.4 Å². The van der Waals surface area contributed by atoms with Gasteiger partial charge in [0.2, 0.25) is 5.89 Å². The number of halogens is 1. The molecule has 3 rings (SSSR count). The van der Waals surface area contributed by atoms with Gasteiger partial charge in [0.15, 0.2) is 5.58 Å². The lowest BCUT2D eigenvalue weighted by molar-refractivity contribution is -0.384. The minimum atomic E-state index is -0.413. The van der Waals surface area contributed by atoms with Crippen molar-refractivity contribution in [1.82, 2.24) is 15.2 Å². The molecule has 0 radical (unpaired) electrons. The molecule has 1 aliphatic heterocycles. The minimum absolute atomic E-state index is 0. The van der Waals surface area contributed by atoms with Gasteiger partial charge in [0, 0.05) is 12.1 Å². The molecule has 2 heterocycles. The maximum atomic E-state index is 10.8. The summed E-state index contributed by atoms with van der Waals surface area (Å²) in [7, 11) is 1.99. The number of nitrogens with one attached hydrogen (secondary N) is 1. The van der Waals surface area contributed by atoms with E-state index in [1.54, 1.807) is 6.07 Å². The number of rotatable bonds is 6. The number of oxazole rings is 1. The van der Waals surface area contributed by atoms with Gasteiger partial charge in [-0.05, 0) is 57.9 Å². The van der Waals surface area contributed by atoms with Crippen molar-refractivity contribution in [3.63, 3.8) is 0 Å². The predicted octanol–water partition coefficient (Wildman–Crippen LogP) is 2.98. The van der Waals surface area contributed by atoms with Crippen LogP contribution in [0.1, 0.15) is 25.2 Å². The molecule has 1 aromatic heterocycles. The summed E-state index contributed by atoms with van der Waals surface area (Å²) in [6.07, 6.45) is 3.64. The second kappa shape index (κ2) is 8.41. The van der Waals surface area contributed by atoms with Gasteiger partial charge in [-0.1, -0.05) is 0 Å². The van der Waals surface area contributed by atoms with E-state index in [0.29, 0.717) is 23.5 Å². The molecule has 0 spiro atoms. The van der Waals surface area contributed by atoms with Crippen molar-refractivity contribution in [3.05, 3.63) is 34.2 Å². The second-order valence-corrected chi connectivity index (χ2v) is 6.13. The van der Waals surface area contributed by atoms with Gasteiger partial charge in [-0.2, -0.15) is 0 Å². The Bertz CT molecular complexity index is 683. The third-order valence-electron chi connectivity index (χ3n) is 4.49. The number of nitrogens with zero attached hydrogens (tertiary/aromatic N) is 3. The standard InChI is InChI=1S/C16H22N4O3.ClH/c1-17-7-4-12-5-8-19(9-6-12)11-16-18-14-10-13(20(21)22)2-3-15(14)23-16;/h2-3,10,12,17H,4-9,11H2,1H3;1H. The number of benzene rings is 1. The molecule has 1 aliphatic rings. The van der Waals surface area contributed by atoms with Crippen molar-refractivity contribution in [2.45, 2.75) is 25.8 Å². The normalized spacial score (nSPS) is 16.2. The first kappa shape index (κ1) is 18.6. The zero-order valence-corrected chi connectivity index (χ0v) is 14.6. The molecule has 2 aromatic rings. The van der Waals surface area contributed by atoms with Crippen LogP contribution in [0.15, 0.2) is 22.6 Å². The van der Waals surface area contributed by atoms with Crippen molar-refractivity contribution in [2.75, 3.05) is 26.7 Å². The Balaban J connectivity index is 0.00000208. The molecule has 1 N–H and O–H groups in total. The molecule has 0 unspecified atom stereocenters. The summed E-state index contributed by atoms with van der Waals surface area (Å²) >= 11 is 0. The fraction of sp³-hybridized carbons (Fsp3) is 0.562. The first-order valence-electron chi connectivity index (χ1n) is 8.06. The summed E-state index contributed by atoms with van der Waals surface area (Å²) in [5.41, 5.74) is 1.20. The van der Waals surface area contributed by atoms with E-state index in [0.717, 1.165) is 25.6 Å². The van der Waals surface area contributed by atoms with Crippen LogP contribution in [0.2, 0.25) is 0 Å². The highest BCUT2D eigenvalue weighted by molar-refractivity contribution is 5.85. The molecule has 0 aliphatic carbocycles. The fourth-order valence-electron chi connectivity index (χ4n) is 3.12. The van der Waals surface area contributed by atoms with Crippen LogP contribution < -0.4 is 5.32 Å². The van der Waals surface area contributed by atoms with E-state index in [1.165, 1.54) is 31.4 Å². The smallest absolute Gasteiger partial charge is 0.271 e. The van der Waals surface area contributed by atoms with Crippen molar-refractivity contribution < 1.29 is 9.34 Å². The Hall–Kier alpha value is -1.70. The van der Waals surface area contributed by atoms with Crippen LogP contribution >= 0.6 is 12.4 Å². The van der Waals surface area contributed by atoms with Crippen molar-refractivity contribution in [2.24, 2.45) is 5.92 Å². The van der Waals surface area contributed by atoms with E-state index in [4.69, 9.17) is 4.42 Å². The van der Waals surface area contributed by atoms with E-state index < -0.39 is 4.92 Å². The number of hydrogen-bond acceptors (Lipinski definition) is 6. The average molecular weight is 355 g/mol. The lowest BCUT2D eigenvalue weighted by Gasteiger charge is -2.31. The third-order valence-corrected chi connectivity index (χ3v) is 4.49. The number of nitro benzene ring substituents is 1. The highest BCUT2D eigenvalue weighted by Crippen LogP contribution is 2.24. The lowest BCUT2D eigenvalue weighted by Crippen LogP contribution is -2.34. The summed E-state index contributed by atoms with van der Waals surface area (Å²) < 4.78 is 5.71. The Morgan fingerprint density at radius 1 is 1.42 bits per heavy atom. The van der Waals surface area contributed by atoms with Crippen molar-refractivity contribution in [3.8, 4) is 0 Å². The van der Waals surface area contributed by atoms with E-state index >= 15 is 0 Å². The minimum Gasteiger partial charge on any atom is -0.439 e. The van der Waals surface area contributed by atoms with Gasteiger partial charge in [0.25, 0.3) is 5.69 Å². The Morgan fingerprint density at radius 3 is 2.83 bits per heavy atom. The monoisotopic (exact) mass is 354 g/mol. The first-order valence-corrected chi connectivity index (χ1v) is 8.06. The molecule has 132 valence electrons. The van der Waals surface area contributed by atoms with E-state index in [2.05, 4.69) is 15.2 Å². The average Bonchev–Trinajstić information content (AvgIpc) is 2.95. The number of aromatic nitrogens is 1. The summed E-state index contributed by atoms with van der Waals surface area (Å²) in [6.45, 7) is 3.84. The SMILES string of the molecule is CNCCC1CCN(Cc2nc3cc([N+](=O)[O-])ccc3o2)CC1.Cl. The summed E-state index contributed by atoms with van der Waals surface area (Å²) in [5, 5.41) is 14.0. The molecule has 0 bridgehead atoms. The Kier molecular flexibility index (Phi) is 6.53. The van der Waals surface area contributed by atoms with Crippen molar-refractivity contribution in [1.29, 1.82) is 0 Å². The molecule has 0 amide bonds. The molecular weight excluding hydrogens is 332 g/mol. The molecule has 8 heteroatoms. The van der Waals surface area contributed by atoms with Gasteiger partial charge in [-0.3, -0.25) is 15.0 Å². The van der Waals surface area contributed by atoms with Crippen LogP contribution in [0.25, 0.3) is 11.1 Å². The molecule has 1 saturated heterocycles. The van der Waals surface area contributed by atoms with Crippen LogP contribution in [0.4, 0.5) is 5.69 Å². The summed E-state index contributed by atoms with van der Waals surface area (Å²) in [4.78, 5) is 17.1. The highest BCUT2D eigenvalue weighted by Gasteiger charge is 2.20. The molecule has 0 atom stereocenters. The molecule has 1 aromatic carbocycles. The number of fused-ring (bicyclic) bond motifs is 1. The number of piperidine rings is 1. The molecular formula is C16H23ClN4O3. The van der Waals surface area contributed by atoms with Crippen LogP contribution in [0.3, 0.4) is 0 Å². The number of nitro groups is 1. The molecule has 24 heavy (non-hydrogen) atoms. The maximum Gasteiger partial charge on any atom is 0.271 e. The van der Waals surface area contributed by atoms with Gasteiger partial charge in [0.05, 0.1) is 11.5 Å². The lowest BCUT2D eigenvalue weighted by atomic mass is 9.93. The number of likely N-dealkylation sites (tertiary alicyclic amines) is 1. The van der Waals surface area contributed by atoms with Gasteiger partial charge >= 0.3 is 0 Å². The van der Waals surface area contributed by atoms with Gasteiger partial charge in [-0.25, -0.2) is 4.98 Å². The Morgan fingerprint density at radius 2 is 2.17 bits per heavy atom. The highest BCUT2D eigenvalue weighted by atomic mass is 35.5. The molecule has 7 nitrogen and oxygen atoms in total. The van der Waals surface area contributed by atoms with Crippen LogP contribution in [-0.4, -0.2) is 41.5 Å². The van der Waals surface area contributed by atoms with Gasteiger partial charge in [-0.15, -0.1) is 12.4 Å². The van der Waals surface area contributed by atoms with E-state index in [9.17, 15) is 10.1 Å². The van der Waals surface area contributed by atoms with E-state index in [1.807, 2.05) is 7.05 Å². The largest absolute Gasteiger partial charge is 0.439 e. The quantitative estimate of drug-likeness (QED) is 0.634. The zero-order valence-electron chi connectivity index (χ0n) is 13.7.